The number of anilines is 2. The number of benzene rings is 3. The molecule has 2 aromatic heterocycles. The molecule has 0 aliphatic rings. The fourth-order valence-electron chi connectivity index (χ4n) is 4.38. The molecule has 3 aromatic carbocycles. The van der Waals surface area contributed by atoms with Gasteiger partial charge in [-0.05, 0) is 80.4 Å². The van der Waals surface area contributed by atoms with E-state index in [1.165, 1.54) is 35.3 Å². The third kappa shape index (κ3) is 5.96. The Bertz CT molecular complexity index is 1630. The molecule has 5 rings (SSSR count). The second-order valence-electron chi connectivity index (χ2n) is 9.09. The summed E-state index contributed by atoms with van der Waals surface area (Å²) in [5.41, 5.74) is 5.90. The normalized spacial score (nSPS) is 11.3. The Hall–Kier alpha value is -5.13. The van der Waals surface area contributed by atoms with E-state index in [-0.39, 0.29) is 5.75 Å². The van der Waals surface area contributed by atoms with Crippen LogP contribution in [0.3, 0.4) is 0 Å². The number of aryl methyl sites for hydroxylation is 3. The third-order valence-corrected chi connectivity index (χ3v) is 5.96. The van der Waals surface area contributed by atoms with Gasteiger partial charge in [-0.15, -0.1) is 18.3 Å². The number of alkyl halides is 3. The molecule has 0 bridgehead atoms. The quantitative estimate of drug-likeness (QED) is 0.250. The van der Waals surface area contributed by atoms with Crippen molar-refractivity contribution in [1.82, 2.24) is 24.5 Å². The van der Waals surface area contributed by atoms with E-state index in [0.29, 0.717) is 28.6 Å². The minimum absolute atomic E-state index is 0.325. The van der Waals surface area contributed by atoms with Gasteiger partial charge < -0.3 is 10.1 Å². The zero-order valence-corrected chi connectivity index (χ0v) is 21.7. The molecule has 5 aromatic rings. The number of rotatable bonds is 6. The molecule has 0 spiro atoms. The van der Waals surface area contributed by atoms with E-state index < -0.39 is 12.4 Å². The van der Waals surface area contributed by atoms with E-state index in [4.69, 9.17) is 0 Å². The summed E-state index contributed by atoms with van der Waals surface area (Å²) in [6.07, 6.45) is -1.68. The smallest absolute Gasteiger partial charge is 0.406 e. The van der Waals surface area contributed by atoms with Gasteiger partial charge in [0.25, 0.3) is 0 Å². The van der Waals surface area contributed by atoms with Gasteiger partial charge in [0.15, 0.2) is 5.82 Å². The number of hydrogen-bond donors (Lipinski definition) is 2. The van der Waals surface area contributed by atoms with E-state index in [1.54, 1.807) is 41.2 Å². The lowest BCUT2D eigenvalue weighted by molar-refractivity contribution is -0.274. The number of carbonyl (C=O) groups excluding carboxylic acids is 1. The van der Waals surface area contributed by atoms with Gasteiger partial charge in [-0.1, -0.05) is 17.7 Å². The molecule has 204 valence electrons. The van der Waals surface area contributed by atoms with Crippen LogP contribution in [0.15, 0.2) is 79.3 Å². The van der Waals surface area contributed by atoms with Crippen LogP contribution in [0.25, 0.3) is 22.8 Å². The van der Waals surface area contributed by atoms with Crippen molar-refractivity contribution in [2.24, 2.45) is 0 Å². The van der Waals surface area contributed by atoms with Crippen molar-refractivity contribution in [2.75, 3.05) is 10.6 Å². The lowest BCUT2D eigenvalue weighted by Gasteiger charge is -2.15. The van der Waals surface area contributed by atoms with Crippen molar-refractivity contribution in [1.29, 1.82) is 0 Å². The number of aromatic nitrogens is 5. The van der Waals surface area contributed by atoms with Crippen LogP contribution >= 0.6 is 0 Å². The van der Waals surface area contributed by atoms with Gasteiger partial charge in [0.2, 0.25) is 0 Å². The van der Waals surface area contributed by atoms with Gasteiger partial charge in [-0.3, -0.25) is 5.32 Å². The molecule has 0 saturated heterocycles. The number of nitrogens with one attached hydrogen (secondary N) is 2. The third-order valence-electron chi connectivity index (χ3n) is 5.96. The Labute approximate surface area is 227 Å². The molecule has 0 fully saturated rings. The van der Waals surface area contributed by atoms with Crippen molar-refractivity contribution in [2.45, 2.75) is 27.1 Å². The first-order valence-corrected chi connectivity index (χ1v) is 12.1. The largest absolute Gasteiger partial charge is 0.573 e. The maximum Gasteiger partial charge on any atom is 0.573 e. The molecule has 0 radical (unpaired) electrons. The molecule has 0 unspecified atom stereocenters. The number of hydrogen-bond acceptors (Lipinski definition) is 5. The summed E-state index contributed by atoms with van der Waals surface area (Å²) in [6, 6.07) is 17.6. The van der Waals surface area contributed by atoms with E-state index in [9.17, 15) is 18.0 Å². The number of urea groups is 1. The zero-order valence-electron chi connectivity index (χ0n) is 21.7. The molecule has 40 heavy (non-hydrogen) atoms. The summed E-state index contributed by atoms with van der Waals surface area (Å²) in [7, 11) is 0. The summed E-state index contributed by atoms with van der Waals surface area (Å²) in [5.74, 6) is 0.602. The number of nitrogens with zero attached hydrogens (tertiary/aromatic N) is 5. The van der Waals surface area contributed by atoms with Crippen LogP contribution in [-0.4, -0.2) is 36.9 Å². The van der Waals surface area contributed by atoms with Crippen molar-refractivity contribution in [3.63, 3.8) is 0 Å². The van der Waals surface area contributed by atoms with Crippen molar-refractivity contribution < 1.29 is 22.7 Å². The Kier molecular flexibility index (Phi) is 6.99. The number of halogens is 3. The molecular formula is C28H24F3N7O2. The molecule has 12 heteroatoms. The summed E-state index contributed by atoms with van der Waals surface area (Å²) in [6.45, 7) is 6.04. The molecule has 0 saturated carbocycles. The average molecular weight is 548 g/mol. The fraction of sp³-hybridized carbons (Fsp3) is 0.143. The van der Waals surface area contributed by atoms with Crippen LogP contribution in [0.1, 0.15) is 16.7 Å². The van der Waals surface area contributed by atoms with E-state index in [0.717, 1.165) is 22.4 Å². The number of carbonyl (C=O) groups is 1. The van der Waals surface area contributed by atoms with Gasteiger partial charge in [0.1, 0.15) is 17.9 Å². The lowest BCUT2D eigenvalue weighted by Crippen LogP contribution is -2.21. The second-order valence-corrected chi connectivity index (χ2v) is 9.09. The van der Waals surface area contributed by atoms with Gasteiger partial charge in [-0.25, -0.2) is 19.1 Å². The highest BCUT2D eigenvalue weighted by molar-refractivity contribution is 5.99. The Morgan fingerprint density at radius 3 is 2.23 bits per heavy atom. The Morgan fingerprint density at radius 1 is 0.900 bits per heavy atom. The predicted molar refractivity (Wildman–Crippen MR) is 144 cm³/mol. The van der Waals surface area contributed by atoms with Crippen LogP contribution in [-0.2, 0) is 0 Å². The highest BCUT2D eigenvalue weighted by Crippen LogP contribution is 2.26. The van der Waals surface area contributed by atoms with E-state index in [2.05, 4.69) is 42.7 Å². The molecular weight excluding hydrogens is 523 g/mol. The lowest BCUT2D eigenvalue weighted by atomic mass is 10.1. The van der Waals surface area contributed by atoms with Crippen molar-refractivity contribution >= 4 is 17.5 Å². The highest BCUT2D eigenvalue weighted by atomic mass is 19.4. The van der Waals surface area contributed by atoms with Gasteiger partial charge >= 0.3 is 12.4 Å². The van der Waals surface area contributed by atoms with E-state index >= 15 is 0 Å². The zero-order chi connectivity index (χ0) is 28.4. The highest BCUT2D eigenvalue weighted by Gasteiger charge is 2.31. The summed E-state index contributed by atoms with van der Waals surface area (Å²) >= 11 is 0. The van der Waals surface area contributed by atoms with Crippen LogP contribution in [0.2, 0.25) is 0 Å². The van der Waals surface area contributed by atoms with Crippen LogP contribution in [0.4, 0.5) is 29.5 Å². The average Bonchev–Trinajstić information content (AvgIpc) is 3.54. The van der Waals surface area contributed by atoms with Gasteiger partial charge in [-0.2, -0.15) is 5.10 Å². The summed E-state index contributed by atoms with van der Waals surface area (Å²) in [4.78, 5) is 17.0. The number of amides is 2. The fourth-order valence-corrected chi connectivity index (χ4v) is 4.38. The first-order chi connectivity index (χ1) is 19.1. The van der Waals surface area contributed by atoms with Crippen LogP contribution in [0, 0.1) is 20.8 Å². The molecule has 2 amide bonds. The molecule has 9 nitrogen and oxygen atoms in total. The topological polar surface area (TPSA) is 98.9 Å². The van der Waals surface area contributed by atoms with Gasteiger partial charge in [0, 0.05) is 17.3 Å². The van der Waals surface area contributed by atoms with Crippen LogP contribution < -0.4 is 15.4 Å². The SMILES string of the molecule is Cc1cc(C)c(-n2nccc2NC(=O)Nc2ccc(-c3ncn(-c4ccc(OC(F)(F)F)cc4)n3)cc2)c(C)c1. The molecule has 0 aliphatic heterocycles. The van der Waals surface area contributed by atoms with Gasteiger partial charge in [0.05, 0.1) is 17.6 Å². The standard InChI is InChI=1S/C28H24F3N7O2/c1-17-14-18(2)25(19(3)15-17)38-24(12-13-33-38)35-27(39)34-21-6-4-20(5-7-21)26-32-16-37(36-26)22-8-10-23(11-9-22)40-28(29,30)31/h4-16H,1-3H3,(H2,34,35,39). The molecule has 0 atom stereocenters. The first-order valence-electron chi connectivity index (χ1n) is 12.1. The maximum atomic E-state index is 12.7. The molecule has 2 heterocycles. The summed E-state index contributed by atoms with van der Waals surface area (Å²) in [5, 5.41) is 14.4. The van der Waals surface area contributed by atoms with Crippen LogP contribution in [0.5, 0.6) is 5.75 Å². The molecule has 0 aliphatic carbocycles. The summed E-state index contributed by atoms with van der Waals surface area (Å²) < 4.78 is 44.2. The second kappa shape index (κ2) is 10.6. The minimum Gasteiger partial charge on any atom is -0.406 e. The van der Waals surface area contributed by atoms with Crippen molar-refractivity contribution in [3.8, 4) is 28.5 Å². The van der Waals surface area contributed by atoms with Crippen molar-refractivity contribution in [3.05, 3.63) is 95.9 Å². The minimum atomic E-state index is -4.76. The first kappa shape index (κ1) is 26.5. The van der Waals surface area contributed by atoms with E-state index in [1.807, 2.05) is 20.8 Å². The molecule has 2 N–H and O–H groups in total. The Balaban J connectivity index is 1.24. The number of ether oxygens (including phenoxy) is 1. The monoisotopic (exact) mass is 547 g/mol. The predicted octanol–water partition coefficient (Wildman–Crippen LogP) is 6.59. The Morgan fingerprint density at radius 2 is 1.57 bits per heavy atom. The maximum absolute atomic E-state index is 12.7.